The zero-order chi connectivity index (χ0) is 28.7. The van der Waals surface area contributed by atoms with Crippen LogP contribution in [0.2, 0.25) is 0 Å². The monoisotopic (exact) mass is 562 g/mol. The van der Waals surface area contributed by atoms with Crippen molar-refractivity contribution in [3.63, 3.8) is 0 Å². The second kappa shape index (κ2) is 22.3. The number of unbranched alkanes of at least 4 members (excludes halogenated alkanes) is 8. The molecule has 0 aliphatic heterocycles. The first-order valence-corrected chi connectivity index (χ1v) is 15.5. The van der Waals surface area contributed by atoms with Crippen LogP contribution >= 0.6 is 7.82 Å². The topological polar surface area (TPSA) is 108 Å². The maximum atomic E-state index is 12.1. The van der Waals surface area contributed by atoms with Crippen molar-refractivity contribution in [2.24, 2.45) is 0 Å². The smallest absolute Gasteiger partial charge is 0.462 e. The summed E-state index contributed by atoms with van der Waals surface area (Å²) in [6, 6.07) is 0. The second-order valence-corrected chi connectivity index (χ2v) is 12.0. The number of carbonyl (C=O) groups is 2. The predicted octanol–water partition coefficient (Wildman–Crippen LogP) is 6.11. The number of quaternary nitrogens is 1. The molecule has 0 spiro atoms. The normalized spacial score (nSPS) is 14.6. The number of rotatable bonds is 24. The fraction of sp³-hybridized carbons (Fsp3) is 0.786. The van der Waals surface area contributed by atoms with Crippen LogP contribution in [0.1, 0.15) is 90.9 Å². The molecule has 9 nitrogen and oxygen atoms in total. The van der Waals surface area contributed by atoms with E-state index >= 15 is 0 Å². The van der Waals surface area contributed by atoms with Crippen molar-refractivity contribution in [1.82, 2.24) is 0 Å². The number of ether oxygens (including phenoxy) is 2. The maximum absolute atomic E-state index is 12.1. The Bertz CT molecular complexity index is 733. The van der Waals surface area contributed by atoms with Crippen molar-refractivity contribution in [3.8, 4) is 0 Å². The van der Waals surface area contributed by atoms with Gasteiger partial charge in [-0.3, -0.25) is 18.6 Å². The van der Waals surface area contributed by atoms with Gasteiger partial charge in [0.1, 0.15) is 19.8 Å². The van der Waals surface area contributed by atoms with Gasteiger partial charge in [-0.25, -0.2) is 4.57 Å². The van der Waals surface area contributed by atoms with Crippen LogP contribution in [0.5, 0.6) is 0 Å². The van der Waals surface area contributed by atoms with Crippen LogP contribution in [0.4, 0.5) is 0 Å². The van der Waals surface area contributed by atoms with Crippen molar-refractivity contribution in [2.75, 3.05) is 47.5 Å². The van der Waals surface area contributed by atoms with Gasteiger partial charge in [-0.15, -0.1) is 0 Å². The quantitative estimate of drug-likeness (QED) is 0.0493. The molecule has 0 rings (SSSR count). The van der Waals surface area contributed by atoms with E-state index in [4.69, 9.17) is 18.5 Å². The molecule has 38 heavy (non-hydrogen) atoms. The molecular formula is C28H53NO8P+. The summed E-state index contributed by atoms with van der Waals surface area (Å²) in [5.74, 6) is -1.01. The number of nitrogens with zero attached hydrogens (tertiary/aromatic N) is 1. The molecule has 0 saturated carbocycles. The molecule has 0 radical (unpaired) electrons. The average Bonchev–Trinajstić information content (AvgIpc) is 2.82. The van der Waals surface area contributed by atoms with Gasteiger partial charge < -0.3 is 18.9 Å². The summed E-state index contributed by atoms with van der Waals surface area (Å²) in [6.45, 7) is 3.28. The van der Waals surface area contributed by atoms with Gasteiger partial charge in [-0.1, -0.05) is 63.3 Å². The first-order valence-electron chi connectivity index (χ1n) is 14.0. The van der Waals surface area contributed by atoms with Gasteiger partial charge >= 0.3 is 19.8 Å². The van der Waals surface area contributed by atoms with E-state index in [0.29, 0.717) is 11.0 Å². The Hall–Kier alpha value is -1.51. The molecule has 222 valence electrons. The second-order valence-electron chi connectivity index (χ2n) is 10.5. The number of phosphoric acid groups is 1. The number of hydrogen-bond donors (Lipinski definition) is 1. The third kappa shape index (κ3) is 26.1. The Morgan fingerprint density at radius 3 is 2.08 bits per heavy atom. The Labute approximate surface area is 230 Å². The third-order valence-electron chi connectivity index (χ3n) is 5.53. The number of esters is 2. The van der Waals surface area contributed by atoms with E-state index in [9.17, 15) is 19.0 Å². The average molecular weight is 563 g/mol. The van der Waals surface area contributed by atoms with Gasteiger partial charge in [-0.2, -0.15) is 0 Å². The standard InChI is InChI=1S/C28H52NO8P/c1-6-7-8-9-10-11-12-13-14-15-16-17-18-19-20-21-28(31)34-24-27(37-26(2)30)25-36-38(32,33)35-23-22-29(3,4)5/h10-11,13-14,27H,6-9,12,15-25H2,1-5H3/p+1/b11-10-,14-13-. The Morgan fingerprint density at radius 1 is 0.868 bits per heavy atom. The molecule has 2 atom stereocenters. The largest absolute Gasteiger partial charge is 0.472 e. The summed E-state index contributed by atoms with van der Waals surface area (Å²) in [5, 5.41) is 0. The zero-order valence-corrected chi connectivity index (χ0v) is 25.3. The highest BCUT2D eigenvalue weighted by Crippen LogP contribution is 2.43. The Balaban J connectivity index is 3.99. The first kappa shape index (κ1) is 36.5. The minimum atomic E-state index is -4.32. The molecule has 0 aromatic rings. The fourth-order valence-corrected chi connectivity index (χ4v) is 4.08. The fourth-order valence-electron chi connectivity index (χ4n) is 3.33. The van der Waals surface area contributed by atoms with E-state index in [1.807, 2.05) is 21.1 Å². The SMILES string of the molecule is CCCCC/C=C\C/C=C\CCCCCCCC(=O)OCC(COP(=O)(O)OCC[N+](C)(C)C)OC(C)=O. The van der Waals surface area contributed by atoms with E-state index in [1.54, 1.807) is 0 Å². The highest BCUT2D eigenvalue weighted by molar-refractivity contribution is 7.47. The van der Waals surface area contributed by atoms with E-state index in [1.165, 1.54) is 32.6 Å². The Kier molecular flexibility index (Phi) is 21.4. The minimum Gasteiger partial charge on any atom is -0.462 e. The van der Waals surface area contributed by atoms with Crippen molar-refractivity contribution >= 4 is 19.8 Å². The van der Waals surface area contributed by atoms with Crippen molar-refractivity contribution in [3.05, 3.63) is 24.3 Å². The third-order valence-corrected chi connectivity index (χ3v) is 6.52. The van der Waals surface area contributed by atoms with Gasteiger partial charge in [-0.05, 0) is 38.5 Å². The Morgan fingerprint density at radius 2 is 1.47 bits per heavy atom. The molecule has 0 aromatic carbocycles. The minimum absolute atomic E-state index is 0.0258. The molecule has 2 unspecified atom stereocenters. The van der Waals surface area contributed by atoms with E-state index in [-0.39, 0.29) is 19.6 Å². The predicted molar refractivity (Wildman–Crippen MR) is 150 cm³/mol. The lowest BCUT2D eigenvalue weighted by Crippen LogP contribution is -2.37. The summed E-state index contributed by atoms with van der Waals surface area (Å²) < 4.78 is 32.7. The molecule has 10 heteroatoms. The van der Waals surface area contributed by atoms with E-state index < -0.39 is 32.5 Å². The summed E-state index contributed by atoms with van der Waals surface area (Å²) in [7, 11) is 1.45. The summed E-state index contributed by atoms with van der Waals surface area (Å²) in [6.07, 6.45) is 20.3. The van der Waals surface area contributed by atoms with Crippen LogP contribution in [-0.4, -0.2) is 74.9 Å². The van der Waals surface area contributed by atoms with Crippen LogP contribution in [0.15, 0.2) is 24.3 Å². The molecule has 0 saturated heterocycles. The van der Waals surface area contributed by atoms with Gasteiger partial charge in [0, 0.05) is 13.3 Å². The highest BCUT2D eigenvalue weighted by Gasteiger charge is 2.26. The van der Waals surface area contributed by atoms with Crippen LogP contribution in [0.3, 0.4) is 0 Å². The molecule has 0 aliphatic carbocycles. The van der Waals surface area contributed by atoms with Crippen molar-refractivity contribution < 1.29 is 42.1 Å². The molecule has 0 bridgehead atoms. The first-order chi connectivity index (χ1) is 17.9. The van der Waals surface area contributed by atoms with Crippen LogP contribution < -0.4 is 0 Å². The summed E-state index contributed by atoms with van der Waals surface area (Å²) in [4.78, 5) is 33.2. The lowest BCUT2D eigenvalue weighted by molar-refractivity contribution is -0.870. The van der Waals surface area contributed by atoms with Gasteiger partial charge in [0.15, 0.2) is 6.10 Å². The van der Waals surface area contributed by atoms with Crippen LogP contribution in [-0.2, 0) is 32.7 Å². The molecule has 1 N–H and O–H groups in total. The van der Waals surface area contributed by atoms with Gasteiger partial charge in [0.2, 0.25) is 0 Å². The zero-order valence-electron chi connectivity index (χ0n) is 24.4. The number of hydrogen-bond acceptors (Lipinski definition) is 7. The van der Waals surface area contributed by atoms with Crippen LogP contribution in [0, 0.1) is 0 Å². The lowest BCUT2D eigenvalue weighted by atomic mass is 10.1. The van der Waals surface area contributed by atoms with Crippen molar-refractivity contribution in [1.29, 1.82) is 0 Å². The number of likely N-dealkylation sites (N-methyl/N-ethyl adjacent to an activating group) is 1. The van der Waals surface area contributed by atoms with Crippen LogP contribution in [0.25, 0.3) is 0 Å². The summed E-state index contributed by atoms with van der Waals surface area (Å²) >= 11 is 0. The maximum Gasteiger partial charge on any atom is 0.472 e. The highest BCUT2D eigenvalue weighted by atomic mass is 31.2. The molecule has 0 heterocycles. The molecule has 0 fully saturated rings. The molecule has 0 aliphatic rings. The van der Waals surface area contributed by atoms with E-state index in [0.717, 1.165) is 44.9 Å². The van der Waals surface area contributed by atoms with Crippen molar-refractivity contribution in [2.45, 2.75) is 97.0 Å². The number of carbonyl (C=O) groups excluding carboxylic acids is 2. The summed E-state index contributed by atoms with van der Waals surface area (Å²) in [5.41, 5.74) is 0. The number of phosphoric ester groups is 1. The van der Waals surface area contributed by atoms with Gasteiger partial charge in [0.25, 0.3) is 0 Å². The molecule has 0 aromatic heterocycles. The lowest BCUT2D eigenvalue weighted by Gasteiger charge is -2.24. The molecular weight excluding hydrogens is 509 g/mol. The molecule has 0 amide bonds. The van der Waals surface area contributed by atoms with E-state index in [2.05, 4.69) is 31.2 Å². The van der Waals surface area contributed by atoms with Gasteiger partial charge in [0.05, 0.1) is 27.7 Å². The number of allylic oxidation sites excluding steroid dienone is 4.